The Kier molecular flexibility index (Phi) is 4.14. The molecule has 2 aromatic heterocycles. The van der Waals surface area contributed by atoms with Crippen LogP contribution in [-0.2, 0) is 16.6 Å². The highest BCUT2D eigenvalue weighted by Crippen LogP contribution is 2.26. The van der Waals surface area contributed by atoms with Crippen LogP contribution in [0.5, 0.6) is 0 Å². The molecule has 0 spiro atoms. The second kappa shape index (κ2) is 5.70. The van der Waals surface area contributed by atoms with Gasteiger partial charge in [0.25, 0.3) is 0 Å². The van der Waals surface area contributed by atoms with Crippen molar-refractivity contribution < 1.29 is 22.7 Å². The molecule has 0 atom stereocenters. The number of carboxylic acids is 1. The number of carbonyl (C=O) groups is 1. The smallest absolute Gasteiger partial charge is 0.340 e. The molecule has 114 valence electrons. The highest BCUT2D eigenvalue weighted by molar-refractivity contribution is 7.89. The van der Waals surface area contributed by atoms with Crippen LogP contribution in [-0.4, -0.2) is 35.8 Å². The summed E-state index contributed by atoms with van der Waals surface area (Å²) in [6, 6.07) is 1.72. The quantitative estimate of drug-likeness (QED) is 0.814. The van der Waals surface area contributed by atoms with E-state index >= 15 is 0 Å². The average molecular weight is 313 g/mol. The Morgan fingerprint density at radius 2 is 2.14 bits per heavy atom. The number of aryl methyl sites for hydroxylation is 2. The maximum Gasteiger partial charge on any atom is 0.340 e. The molecule has 0 saturated carbocycles. The van der Waals surface area contributed by atoms with Gasteiger partial charge in [-0.05, 0) is 19.9 Å². The second-order valence-corrected chi connectivity index (χ2v) is 6.09. The number of hydrogen-bond acceptors (Lipinski definition) is 5. The Morgan fingerprint density at radius 3 is 2.71 bits per heavy atom. The van der Waals surface area contributed by atoms with Crippen LogP contribution >= 0.6 is 0 Å². The van der Waals surface area contributed by atoms with Gasteiger partial charge in [0.1, 0.15) is 22.0 Å². The molecule has 0 aliphatic heterocycles. The highest BCUT2D eigenvalue weighted by atomic mass is 32.2. The van der Waals surface area contributed by atoms with Crippen LogP contribution in [0.25, 0.3) is 0 Å². The zero-order valence-corrected chi connectivity index (χ0v) is 12.3. The van der Waals surface area contributed by atoms with E-state index in [1.165, 1.54) is 13.8 Å². The van der Waals surface area contributed by atoms with E-state index < -0.39 is 16.0 Å². The van der Waals surface area contributed by atoms with Crippen molar-refractivity contribution in [2.24, 2.45) is 0 Å². The lowest BCUT2D eigenvalue weighted by atomic mass is 10.2. The van der Waals surface area contributed by atoms with Crippen LogP contribution in [0.3, 0.4) is 0 Å². The molecule has 0 aliphatic rings. The molecule has 0 radical (unpaired) electrons. The molecular weight excluding hydrogens is 298 g/mol. The summed E-state index contributed by atoms with van der Waals surface area (Å²) >= 11 is 0. The molecule has 8 nitrogen and oxygen atoms in total. The molecule has 0 aromatic carbocycles. The zero-order chi connectivity index (χ0) is 15.6. The van der Waals surface area contributed by atoms with Crippen LogP contribution in [0.2, 0.25) is 0 Å². The molecule has 0 bridgehead atoms. The van der Waals surface area contributed by atoms with Gasteiger partial charge in [-0.25, -0.2) is 17.9 Å². The number of nitrogens with zero attached hydrogens (tertiary/aromatic N) is 2. The van der Waals surface area contributed by atoms with Gasteiger partial charge in [0.15, 0.2) is 0 Å². The summed E-state index contributed by atoms with van der Waals surface area (Å²) in [4.78, 5) is 10.9. The normalized spacial score (nSPS) is 11.7. The molecule has 2 heterocycles. The fourth-order valence-electron chi connectivity index (χ4n) is 2.03. The monoisotopic (exact) mass is 313 g/mol. The van der Waals surface area contributed by atoms with Crippen molar-refractivity contribution in [3.8, 4) is 0 Å². The van der Waals surface area contributed by atoms with Crippen molar-refractivity contribution in [1.82, 2.24) is 14.5 Å². The Labute approximate surface area is 121 Å². The van der Waals surface area contributed by atoms with Gasteiger partial charge < -0.3 is 9.52 Å². The van der Waals surface area contributed by atoms with Crippen molar-refractivity contribution in [1.29, 1.82) is 0 Å². The number of sulfonamides is 1. The number of hydrogen-bond donors (Lipinski definition) is 2. The van der Waals surface area contributed by atoms with Gasteiger partial charge in [0, 0.05) is 18.9 Å². The first kappa shape index (κ1) is 15.3. The summed E-state index contributed by atoms with van der Waals surface area (Å²) < 4.78 is 33.6. The van der Waals surface area contributed by atoms with Gasteiger partial charge >= 0.3 is 5.97 Å². The Balaban J connectivity index is 2.21. The summed E-state index contributed by atoms with van der Waals surface area (Å²) in [5.41, 5.74) is -0.334. The minimum Gasteiger partial charge on any atom is -0.478 e. The first-order valence-electron chi connectivity index (χ1n) is 6.13. The highest BCUT2D eigenvalue weighted by Gasteiger charge is 2.30. The SMILES string of the molecule is Cc1oc(C)c(S(=O)(=O)NCCn2cccn2)c1C(=O)O. The van der Waals surface area contributed by atoms with Gasteiger partial charge in [-0.15, -0.1) is 0 Å². The van der Waals surface area contributed by atoms with E-state index in [1.54, 1.807) is 23.1 Å². The molecule has 0 amide bonds. The number of aromatic nitrogens is 2. The number of furan rings is 1. The van der Waals surface area contributed by atoms with Gasteiger partial charge in [-0.3, -0.25) is 4.68 Å². The first-order chi connectivity index (χ1) is 9.83. The minimum atomic E-state index is -3.96. The first-order valence-corrected chi connectivity index (χ1v) is 7.61. The number of carboxylic acid groups (broad SMARTS) is 1. The van der Waals surface area contributed by atoms with Crippen LogP contribution in [0.1, 0.15) is 21.9 Å². The average Bonchev–Trinajstić information content (AvgIpc) is 2.96. The fourth-order valence-corrected chi connectivity index (χ4v) is 3.46. The molecule has 2 aromatic rings. The molecule has 2 rings (SSSR count). The molecule has 0 saturated heterocycles. The van der Waals surface area contributed by atoms with Gasteiger partial charge in [0.2, 0.25) is 10.0 Å². The van der Waals surface area contributed by atoms with Crippen LogP contribution < -0.4 is 4.72 Å². The van der Waals surface area contributed by atoms with E-state index in [4.69, 9.17) is 9.52 Å². The van der Waals surface area contributed by atoms with E-state index in [0.29, 0.717) is 6.54 Å². The summed E-state index contributed by atoms with van der Waals surface area (Å²) in [7, 11) is -3.96. The number of rotatable bonds is 6. The molecule has 0 fully saturated rings. The van der Waals surface area contributed by atoms with Gasteiger partial charge in [0.05, 0.1) is 6.54 Å². The van der Waals surface area contributed by atoms with Crippen molar-refractivity contribution in [2.75, 3.05) is 6.54 Å². The zero-order valence-electron chi connectivity index (χ0n) is 11.5. The van der Waals surface area contributed by atoms with Crippen molar-refractivity contribution in [2.45, 2.75) is 25.3 Å². The largest absolute Gasteiger partial charge is 0.478 e. The topological polar surface area (TPSA) is 114 Å². The van der Waals surface area contributed by atoms with Crippen molar-refractivity contribution in [3.05, 3.63) is 35.5 Å². The molecule has 2 N–H and O–H groups in total. The Hall–Kier alpha value is -2.13. The molecule has 9 heteroatoms. The standard InChI is InChI=1S/C12H15N3O5S/c1-8-10(12(16)17)11(9(2)20-8)21(18,19)14-5-7-15-6-3-4-13-15/h3-4,6,14H,5,7H2,1-2H3,(H,16,17). The fraction of sp³-hybridized carbons (Fsp3) is 0.333. The third-order valence-corrected chi connectivity index (χ3v) is 4.49. The van der Waals surface area contributed by atoms with E-state index in [0.717, 1.165) is 0 Å². The summed E-state index contributed by atoms with van der Waals surface area (Å²) in [6.45, 7) is 3.26. The van der Waals surface area contributed by atoms with E-state index in [1.807, 2.05) is 0 Å². The number of nitrogens with one attached hydrogen (secondary N) is 1. The van der Waals surface area contributed by atoms with Crippen LogP contribution in [0, 0.1) is 13.8 Å². The molecular formula is C12H15N3O5S. The van der Waals surface area contributed by atoms with Crippen molar-refractivity contribution in [3.63, 3.8) is 0 Å². The molecule has 0 unspecified atom stereocenters. The third kappa shape index (κ3) is 3.14. The predicted octanol–water partition coefficient (Wildman–Crippen LogP) is 0.770. The Bertz CT molecular complexity index is 746. The summed E-state index contributed by atoms with van der Waals surface area (Å²) in [5, 5.41) is 13.1. The van der Waals surface area contributed by atoms with E-state index in [2.05, 4.69) is 9.82 Å². The lowest BCUT2D eigenvalue weighted by molar-refractivity contribution is 0.0691. The van der Waals surface area contributed by atoms with Gasteiger partial charge in [-0.1, -0.05) is 0 Å². The maximum atomic E-state index is 12.3. The minimum absolute atomic E-state index is 0.0523. The lowest BCUT2D eigenvalue weighted by Crippen LogP contribution is -2.29. The van der Waals surface area contributed by atoms with Gasteiger partial charge in [-0.2, -0.15) is 5.10 Å². The summed E-state index contributed by atoms with van der Waals surface area (Å²) in [6.07, 6.45) is 3.28. The number of aromatic carboxylic acids is 1. The van der Waals surface area contributed by atoms with Crippen LogP contribution in [0.15, 0.2) is 27.8 Å². The molecule has 21 heavy (non-hydrogen) atoms. The maximum absolute atomic E-state index is 12.3. The summed E-state index contributed by atoms with van der Waals surface area (Å²) in [5.74, 6) is -1.22. The van der Waals surface area contributed by atoms with Crippen LogP contribution in [0.4, 0.5) is 0 Å². The van der Waals surface area contributed by atoms with E-state index in [-0.39, 0.29) is 28.5 Å². The predicted molar refractivity (Wildman–Crippen MR) is 72.6 cm³/mol. The second-order valence-electron chi connectivity index (χ2n) is 4.39. The Morgan fingerprint density at radius 1 is 1.43 bits per heavy atom. The third-order valence-electron chi connectivity index (χ3n) is 2.88. The lowest BCUT2D eigenvalue weighted by Gasteiger charge is -2.07. The molecule has 0 aliphatic carbocycles. The van der Waals surface area contributed by atoms with Crippen molar-refractivity contribution >= 4 is 16.0 Å². The van der Waals surface area contributed by atoms with E-state index in [9.17, 15) is 13.2 Å².